The van der Waals surface area contributed by atoms with Gasteiger partial charge >= 0.3 is 11.9 Å². The molecule has 4 atom stereocenters. The minimum atomic E-state index is -1.19. The Hall–Kier alpha value is -1.95. The molecule has 196 valence electrons. The molecule has 0 spiro atoms. The van der Waals surface area contributed by atoms with Gasteiger partial charge in [0, 0.05) is 19.9 Å². The number of esters is 2. The number of likely N-dealkylation sites (tertiary alicyclic amines) is 1. The predicted octanol–water partition coefficient (Wildman–Crippen LogP) is 2.56. The Balaban J connectivity index is 2.42. The lowest BCUT2D eigenvalue weighted by atomic mass is 9.83. The van der Waals surface area contributed by atoms with E-state index in [1.807, 2.05) is 12.2 Å². The highest BCUT2D eigenvalue weighted by Gasteiger charge is 2.52. The molecule has 1 aliphatic carbocycles. The van der Waals surface area contributed by atoms with Gasteiger partial charge in [-0.1, -0.05) is 45.9 Å². The molecule has 1 aliphatic heterocycles. The van der Waals surface area contributed by atoms with Crippen molar-refractivity contribution in [3.63, 3.8) is 0 Å². The molecule has 9 nitrogen and oxygen atoms in total. The minimum absolute atomic E-state index is 0.0996. The highest BCUT2D eigenvalue weighted by Crippen LogP contribution is 2.39. The van der Waals surface area contributed by atoms with Crippen molar-refractivity contribution in [2.75, 3.05) is 20.2 Å². The summed E-state index contributed by atoms with van der Waals surface area (Å²) in [6, 6.07) is -1.19. The minimum Gasteiger partial charge on any atom is -0.467 e. The molecule has 1 heterocycles. The Bertz CT molecular complexity index is 873. The first-order valence-electron chi connectivity index (χ1n) is 12.1. The van der Waals surface area contributed by atoms with E-state index in [0.29, 0.717) is 45.2 Å². The number of allylic oxidation sites excluding steroid dienone is 3. The zero-order valence-electron chi connectivity index (χ0n) is 21.1. The average molecular weight is 603 g/mol. The van der Waals surface area contributed by atoms with Gasteiger partial charge in [0.15, 0.2) is 6.04 Å². The number of ether oxygens (including phenoxy) is 2. The van der Waals surface area contributed by atoms with Gasteiger partial charge in [0.2, 0.25) is 11.8 Å². The summed E-state index contributed by atoms with van der Waals surface area (Å²) in [4.78, 5) is 53.2. The summed E-state index contributed by atoms with van der Waals surface area (Å²) in [6.07, 6.45) is 7.72. The van der Waals surface area contributed by atoms with Crippen LogP contribution in [-0.2, 0) is 28.7 Å². The molecule has 0 aromatic carbocycles. The third kappa shape index (κ3) is 7.52. The van der Waals surface area contributed by atoms with E-state index < -0.39 is 35.5 Å². The van der Waals surface area contributed by atoms with Crippen LogP contribution in [0, 0.1) is 0 Å². The summed E-state index contributed by atoms with van der Waals surface area (Å²) in [5, 5.41) is 2.77. The fourth-order valence-electron chi connectivity index (χ4n) is 4.70. The molecule has 0 radical (unpaired) electrons. The van der Waals surface area contributed by atoms with Crippen LogP contribution in [-0.4, -0.2) is 70.5 Å². The van der Waals surface area contributed by atoms with E-state index in [2.05, 4.69) is 34.8 Å². The number of nitrogens with zero attached hydrogens (tertiary/aromatic N) is 1. The molecule has 1 saturated heterocycles. The maximum atomic E-state index is 14.0. The maximum Gasteiger partial charge on any atom is 0.332 e. The summed E-state index contributed by atoms with van der Waals surface area (Å²) in [5.74, 6) is -1.83. The fourth-order valence-corrected chi connectivity index (χ4v) is 5.47. The van der Waals surface area contributed by atoms with Crippen molar-refractivity contribution in [3.8, 4) is 0 Å². The third-order valence-electron chi connectivity index (χ3n) is 6.63. The highest BCUT2D eigenvalue weighted by molar-refractivity contribution is 14.1. The van der Waals surface area contributed by atoms with Gasteiger partial charge in [0.05, 0.1) is 11.0 Å². The lowest BCUT2D eigenvalue weighted by Crippen LogP contribution is -2.62. The van der Waals surface area contributed by atoms with E-state index in [-0.39, 0.29) is 9.83 Å². The number of methoxy groups -OCH3 is 1. The van der Waals surface area contributed by atoms with Crippen LogP contribution >= 0.6 is 22.6 Å². The quantitative estimate of drug-likeness (QED) is 0.211. The number of halogens is 1. The van der Waals surface area contributed by atoms with Crippen LogP contribution in [0.2, 0.25) is 0 Å². The Morgan fingerprint density at radius 1 is 1.26 bits per heavy atom. The molecule has 2 amide bonds. The van der Waals surface area contributed by atoms with E-state index in [1.54, 1.807) is 4.90 Å². The topological polar surface area (TPSA) is 128 Å². The molecule has 35 heavy (non-hydrogen) atoms. The second kappa shape index (κ2) is 13.4. The zero-order chi connectivity index (χ0) is 26.2. The van der Waals surface area contributed by atoms with Gasteiger partial charge in [-0.05, 0) is 58.9 Å². The molecule has 10 heteroatoms. The lowest BCUT2D eigenvalue weighted by Gasteiger charge is -2.40. The number of hydrogen-bond acceptors (Lipinski definition) is 7. The molecule has 3 N–H and O–H groups in total. The number of alkyl halides is 1. The van der Waals surface area contributed by atoms with Gasteiger partial charge < -0.3 is 25.4 Å². The first kappa shape index (κ1) is 29.3. The molecule has 0 aromatic rings. The first-order chi connectivity index (χ1) is 16.5. The number of hydrogen-bond donors (Lipinski definition) is 2. The van der Waals surface area contributed by atoms with Crippen molar-refractivity contribution >= 4 is 46.3 Å². The average Bonchev–Trinajstić information content (AvgIpc) is 3.25. The normalized spacial score (nSPS) is 22.4. The van der Waals surface area contributed by atoms with E-state index in [9.17, 15) is 19.2 Å². The van der Waals surface area contributed by atoms with Crippen LogP contribution in [0.25, 0.3) is 0 Å². The third-order valence-corrected chi connectivity index (χ3v) is 7.79. The number of carbonyl (C=O) groups excluding carboxylic acids is 4. The first-order valence-corrected chi connectivity index (χ1v) is 13.4. The van der Waals surface area contributed by atoms with Crippen molar-refractivity contribution < 1.29 is 28.7 Å². The van der Waals surface area contributed by atoms with Crippen molar-refractivity contribution in [1.29, 1.82) is 0 Å². The van der Waals surface area contributed by atoms with E-state index >= 15 is 0 Å². The molecular formula is C25H38IN3O6. The molecule has 0 bridgehead atoms. The van der Waals surface area contributed by atoms with E-state index in [0.717, 1.165) is 18.4 Å². The van der Waals surface area contributed by atoms with Gasteiger partial charge in [-0.2, -0.15) is 0 Å². The summed E-state index contributed by atoms with van der Waals surface area (Å²) in [5.41, 5.74) is 6.85. The van der Waals surface area contributed by atoms with Crippen LogP contribution in [0.15, 0.2) is 23.3 Å². The van der Waals surface area contributed by atoms with Crippen LogP contribution in [0.3, 0.4) is 0 Å². The lowest BCUT2D eigenvalue weighted by molar-refractivity contribution is -0.158. The molecule has 1 fully saturated rings. The number of amides is 2. The number of carbonyl (C=O) groups is 4. The van der Waals surface area contributed by atoms with Crippen LogP contribution in [0.5, 0.6) is 0 Å². The number of rotatable bonds is 11. The van der Waals surface area contributed by atoms with E-state index in [4.69, 9.17) is 15.2 Å². The van der Waals surface area contributed by atoms with Crippen LogP contribution in [0.1, 0.15) is 65.7 Å². The standard InChI is InChI=1S/C25H38IN3O6/c1-16-8-10-19(11-9-16)15-25(12-6-14-29(25)22(31)20(26)7-5-13-27)24(33)28-21(23(32)34-4)17(2)35-18(3)30/h8,10,17,20-21H,5-7,9,11-15,27H2,1-4H3,(H,28,33)/t17-,20+,21+,25?/m1/s1. The van der Waals surface area contributed by atoms with Gasteiger partial charge in [-0.25, -0.2) is 4.79 Å². The number of nitrogens with two attached hydrogens (primary N) is 1. The van der Waals surface area contributed by atoms with Crippen LogP contribution < -0.4 is 11.1 Å². The molecule has 0 saturated carbocycles. The van der Waals surface area contributed by atoms with E-state index in [1.165, 1.54) is 26.5 Å². The van der Waals surface area contributed by atoms with Crippen LogP contribution in [0.4, 0.5) is 0 Å². The molecule has 2 aliphatic rings. The second-order valence-electron chi connectivity index (χ2n) is 9.33. The summed E-state index contributed by atoms with van der Waals surface area (Å²) in [7, 11) is 1.21. The SMILES string of the molecule is COC(=O)[C@@H](NC(=O)C1(CC2=CC=C(C)CC2)CCCN1C(=O)[C@@H](I)CCCN)[C@@H](C)OC(C)=O. The monoisotopic (exact) mass is 603 g/mol. The Morgan fingerprint density at radius 2 is 1.97 bits per heavy atom. The summed E-state index contributed by atoms with van der Waals surface area (Å²) >= 11 is 2.13. The van der Waals surface area contributed by atoms with Crippen molar-refractivity contribution in [3.05, 3.63) is 23.3 Å². The summed E-state index contributed by atoms with van der Waals surface area (Å²) in [6.45, 7) is 5.78. The van der Waals surface area contributed by atoms with Crippen molar-refractivity contribution in [2.45, 2.75) is 87.3 Å². The predicted molar refractivity (Wildman–Crippen MR) is 141 cm³/mol. The largest absolute Gasteiger partial charge is 0.467 e. The maximum absolute atomic E-state index is 14.0. The highest BCUT2D eigenvalue weighted by atomic mass is 127. The van der Waals surface area contributed by atoms with Crippen molar-refractivity contribution in [1.82, 2.24) is 10.2 Å². The van der Waals surface area contributed by atoms with Gasteiger partial charge in [0.1, 0.15) is 11.6 Å². The Kier molecular flexibility index (Phi) is 11.2. The van der Waals surface area contributed by atoms with Gasteiger partial charge in [0.25, 0.3) is 0 Å². The second-order valence-corrected chi connectivity index (χ2v) is 10.8. The molecule has 0 aromatic heterocycles. The summed E-state index contributed by atoms with van der Waals surface area (Å²) < 4.78 is 9.75. The zero-order valence-corrected chi connectivity index (χ0v) is 23.3. The Labute approximate surface area is 221 Å². The fraction of sp³-hybridized carbons (Fsp3) is 0.680. The van der Waals surface area contributed by atoms with Crippen molar-refractivity contribution in [2.24, 2.45) is 5.73 Å². The number of nitrogens with one attached hydrogen (secondary N) is 1. The molecule has 1 unspecified atom stereocenters. The smallest absolute Gasteiger partial charge is 0.332 e. The molecule has 2 rings (SSSR count). The van der Waals surface area contributed by atoms with Gasteiger partial charge in [-0.3, -0.25) is 14.4 Å². The van der Waals surface area contributed by atoms with Gasteiger partial charge in [-0.15, -0.1) is 0 Å². The molecular weight excluding hydrogens is 565 g/mol. The Morgan fingerprint density at radius 3 is 2.54 bits per heavy atom.